The second kappa shape index (κ2) is 5.44. The van der Waals surface area contributed by atoms with E-state index in [2.05, 4.69) is 76.3 Å². The van der Waals surface area contributed by atoms with Crippen LogP contribution in [0.25, 0.3) is 11.4 Å². The maximum atomic E-state index is 9.19. The molecule has 0 spiro atoms. The number of imidazole rings is 1. The van der Waals surface area contributed by atoms with Crippen molar-refractivity contribution in [3.05, 3.63) is 114 Å². The molecule has 1 aromatic heterocycles. The van der Waals surface area contributed by atoms with Crippen LogP contribution in [0.15, 0.2) is 91.3 Å². The number of aromatic nitrogens is 2. The Balaban J connectivity index is 1.92. The lowest BCUT2D eigenvalue weighted by atomic mass is 9.77. The fourth-order valence-corrected chi connectivity index (χ4v) is 4.12. The monoisotopic (exact) mass is 333 g/mol. The summed E-state index contributed by atoms with van der Waals surface area (Å²) in [6.07, 6.45) is 3.90. The molecule has 0 radical (unpaired) electrons. The van der Waals surface area contributed by atoms with E-state index in [0.717, 1.165) is 17.0 Å². The molecular formula is C23H15N3. The Labute approximate surface area is 151 Å². The van der Waals surface area contributed by atoms with Crippen molar-refractivity contribution in [1.29, 1.82) is 5.26 Å². The van der Waals surface area contributed by atoms with Gasteiger partial charge in [0.15, 0.2) is 0 Å². The van der Waals surface area contributed by atoms with Crippen molar-refractivity contribution in [1.82, 2.24) is 9.55 Å². The number of rotatable bonds is 2. The molecule has 1 aliphatic rings. The highest BCUT2D eigenvalue weighted by Crippen LogP contribution is 2.50. The van der Waals surface area contributed by atoms with Crippen molar-refractivity contribution < 1.29 is 0 Å². The first-order chi connectivity index (χ1) is 12.9. The smallest absolute Gasteiger partial charge is 0.141 e. The first-order valence-electron chi connectivity index (χ1n) is 8.55. The highest BCUT2D eigenvalue weighted by molar-refractivity contribution is 5.74. The average molecular weight is 333 g/mol. The number of hydrogen-bond acceptors (Lipinski definition) is 2. The summed E-state index contributed by atoms with van der Waals surface area (Å²) in [4.78, 5) is 4.63. The molecule has 0 amide bonds. The minimum Gasteiger partial charge on any atom is -0.312 e. The van der Waals surface area contributed by atoms with E-state index in [4.69, 9.17) is 0 Å². The fraction of sp³-hybridized carbons (Fsp3) is 0.0435. The van der Waals surface area contributed by atoms with Crippen LogP contribution in [-0.2, 0) is 5.54 Å². The van der Waals surface area contributed by atoms with Crippen LogP contribution in [0.2, 0.25) is 0 Å². The zero-order valence-electron chi connectivity index (χ0n) is 14.0. The van der Waals surface area contributed by atoms with Crippen molar-refractivity contribution in [3.63, 3.8) is 0 Å². The highest BCUT2D eigenvalue weighted by atomic mass is 15.2. The van der Waals surface area contributed by atoms with Crippen molar-refractivity contribution in [3.8, 4) is 17.5 Å². The molecule has 0 aliphatic carbocycles. The molecule has 3 heteroatoms. The minimum atomic E-state index is -0.488. The number of nitriles is 1. The van der Waals surface area contributed by atoms with E-state index in [1.807, 2.05) is 30.6 Å². The molecule has 1 aliphatic heterocycles. The van der Waals surface area contributed by atoms with Crippen molar-refractivity contribution >= 4 is 0 Å². The zero-order chi connectivity index (χ0) is 17.6. The minimum absolute atomic E-state index is 0.488. The SMILES string of the molecule is N#Cc1ccc(C2(c3ccccc3)c3ccccc3-c3nccn32)cc1. The first-order valence-corrected chi connectivity index (χ1v) is 8.55. The van der Waals surface area contributed by atoms with Crippen LogP contribution >= 0.6 is 0 Å². The van der Waals surface area contributed by atoms with E-state index >= 15 is 0 Å². The van der Waals surface area contributed by atoms with Gasteiger partial charge < -0.3 is 4.57 Å². The molecule has 3 nitrogen and oxygen atoms in total. The standard InChI is InChI=1S/C23H15N3/c24-16-17-10-12-19(13-11-17)23(18-6-2-1-3-7-18)21-9-5-4-8-20(21)22-25-14-15-26(22)23/h1-15H. The summed E-state index contributed by atoms with van der Waals surface area (Å²) in [5.41, 5.74) is 4.82. The molecule has 26 heavy (non-hydrogen) atoms. The van der Waals surface area contributed by atoms with E-state index in [-0.39, 0.29) is 0 Å². The van der Waals surface area contributed by atoms with Gasteiger partial charge in [0, 0.05) is 18.0 Å². The van der Waals surface area contributed by atoms with E-state index in [1.54, 1.807) is 0 Å². The lowest BCUT2D eigenvalue weighted by Gasteiger charge is -2.34. The summed E-state index contributed by atoms with van der Waals surface area (Å²) in [5.74, 6) is 0.966. The molecule has 2 heterocycles. The number of fused-ring (bicyclic) bond motifs is 3. The topological polar surface area (TPSA) is 41.6 Å². The van der Waals surface area contributed by atoms with Crippen molar-refractivity contribution in [2.45, 2.75) is 5.54 Å². The predicted molar refractivity (Wildman–Crippen MR) is 101 cm³/mol. The fourth-order valence-electron chi connectivity index (χ4n) is 4.12. The molecule has 1 atom stereocenters. The van der Waals surface area contributed by atoms with Crippen LogP contribution in [-0.4, -0.2) is 9.55 Å². The van der Waals surface area contributed by atoms with E-state index in [9.17, 15) is 5.26 Å². The summed E-state index contributed by atoms with van der Waals surface area (Å²) < 4.78 is 2.24. The van der Waals surface area contributed by atoms with Gasteiger partial charge in [0.05, 0.1) is 11.6 Å². The summed E-state index contributed by atoms with van der Waals surface area (Å²) in [7, 11) is 0. The quantitative estimate of drug-likeness (QED) is 0.475. The Bertz CT molecular complexity index is 1130. The third-order valence-corrected chi connectivity index (χ3v) is 5.18. The Kier molecular flexibility index (Phi) is 3.07. The van der Waals surface area contributed by atoms with E-state index in [0.29, 0.717) is 5.56 Å². The van der Waals surface area contributed by atoms with Gasteiger partial charge in [-0.05, 0) is 28.8 Å². The average Bonchev–Trinajstić information content (AvgIpc) is 3.29. The van der Waals surface area contributed by atoms with E-state index < -0.39 is 5.54 Å². The van der Waals surface area contributed by atoms with E-state index in [1.165, 1.54) is 11.1 Å². The number of nitrogens with zero attached hydrogens (tertiary/aromatic N) is 3. The van der Waals surface area contributed by atoms with Crippen LogP contribution < -0.4 is 0 Å². The number of benzene rings is 3. The van der Waals surface area contributed by atoms with Crippen molar-refractivity contribution in [2.24, 2.45) is 0 Å². The molecule has 4 aromatic rings. The lowest BCUT2D eigenvalue weighted by molar-refractivity contribution is 0.544. The largest absolute Gasteiger partial charge is 0.312 e. The highest BCUT2D eigenvalue weighted by Gasteiger charge is 2.46. The zero-order valence-corrected chi connectivity index (χ0v) is 14.0. The molecule has 0 saturated heterocycles. The Morgan fingerprint density at radius 2 is 1.50 bits per heavy atom. The van der Waals surface area contributed by atoms with Gasteiger partial charge >= 0.3 is 0 Å². The maximum Gasteiger partial charge on any atom is 0.141 e. The lowest BCUT2D eigenvalue weighted by Crippen LogP contribution is -2.34. The van der Waals surface area contributed by atoms with Crippen LogP contribution in [0.1, 0.15) is 22.3 Å². The Hall–Kier alpha value is -3.64. The van der Waals surface area contributed by atoms with Gasteiger partial charge in [-0.3, -0.25) is 0 Å². The van der Waals surface area contributed by atoms with Gasteiger partial charge in [-0.25, -0.2) is 4.98 Å². The second-order valence-corrected chi connectivity index (χ2v) is 6.43. The molecular weight excluding hydrogens is 318 g/mol. The van der Waals surface area contributed by atoms with Gasteiger partial charge in [-0.2, -0.15) is 5.26 Å². The van der Waals surface area contributed by atoms with Gasteiger partial charge in [0.1, 0.15) is 11.4 Å². The molecule has 5 rings (SSSR count). The molecule has 0 bridgehead atoms. The normalized spacial score (nSPS) is 17.3. The van der Waals surface area contributed by atoms with Crippen LogP contribution in [0.3, 0.4) is 0 Å². The summed E-state index contributed by atoms with van der Waals surface area (Å²) in [6.45, 7) is 0. The van der Waals surface area contributed by atoms with Gasteiger partial charge in [-0.1, -0.05) is 66.7 Å². The van der Waals surface area contributed by atoms with Crippen LogP contribution in [0, 0.1) is 11.3 Å². The van der Waals surface area contributed by atoms with Crippen LogP contribution in [0.4, 0.5) is 0 Å². The van der Waals surface area contributed by atoms with Crippen molar-refractivity contribution in [2.75, 3.05) is 0 Å². The summed E-state index contributed by atoms with van der Waals surface area (Å²) in [5, 5.41) is 9.19. The Morgan fingerprint density at radius 3 is 2.27 bits per heavy atom. The molecule has 0 fully saturated rings. The molecule has 122 valence electrons. The third-order valence-electron chi connectivity index (χ3n) is 5.18. The molecule has 3 aromatic carbocycles. The molecule has 1 unspecified atom stereocenters. The predicted octanol–water partition coefficient (Wildman–Crippen LogP) is 4.58. The second-order valence-electron chi connectivity index (χ2n) is 6.43. The first kappa shape index (κ1) is 14.7. The molecule has 0 saturated carbocycles. The summed E-state index contributed by atoms with van der Waals surface area (Å²) in [6, 6.07) is 29.0. The Morgan fingerprint density at radius 1 is 0.808 bits per heavy atom. The summed E-state index contributed by atoms with van der Waals surface area (Å²) >= 11 is 0. The number of hydrogen-bond donors (Lipinski definition) is 0. The van der Waals surface area contributed by atoms with Gasteiger partial charge in [0.25, 0.3) is 0 Å². The van der Waals surface area contributed by atoms with Crippen LogP contribution in [0.5, 0.6) is 0 Å². The molecule has 0 N–H and O–H groups in total. The van der Waals surface area contributed by atoms with Gasteiger partial charge in [-0.15, -0.1) is 0 Å². The van der Waals surface area contributed by atoms with Gasteiger partial charge in [0.2, 0.25) is 0 Å². The maximum absolute atomic E-state index is 9.19. The third kappa shape index (κ3) is 1.79.